The Morgan fingerprint density at radius 3 is 2.43 bits per heavy atom. The zero-order chi connectivity index (χ0) is 26.7. The lowest BCUT2D eigenvalue weighted by Crippen LogP contribution is -2.32. The lowest BCUT2D eigenvalue weighted by Gasteiger charge is -2.18. The average Bonchev–Trinajstić information content (AvgIpc) is 3.08. The van der Waals surface area contributed by atoms with E-state index in [0.29, 0.717) is 34.1 Å². The second-order valence-electron chi connectivity index (χ2n) is 8.63. The van der Waals surface area contributed by atoms with Crippen LogP contribution in [0.3, 0.4) is 0 Å². The number of benzene rings is 3. The van der Waals surface area contributed by atoms with Gasteiger partial charge in [0.2, 0.25) is 0 Å². The van der Waals surface area contributed by atoms with E-state index in [1.54, 1.807) is 54.6 Å². The van der Waals surface area contributed by atoms with Crippen molar-refractivity contribution >= 4 is 46.4 Å². The molecule has 3 aromatic carbocycles. The van der Waals surface area contributed by atoms with E-state index in [9.17, 15) is 14.4 Å². The highest BCUT2D eigenvalue weighted by Crippen LogP contribution is 2.36. The summed E-state index contributed by atoms with van der Waals surface area (Å²) >= 11 is 6.29. The molecule has 190 valence electrons. The smallest absolute Gasteiger partial charge is 0.283 e. The summed E-state index contributed by atoms with van der Waals surface area (Å²) in [6.45, 7) is 5.64. The van der Waals surface area contributed by atoms with Crippen LogP contribution in [-0.4, -0.2) is 30.9 Å². The minimum Gasteiger partial charge on any atom is -0.495 e. The molecule has 0 aromatic heterocycles. The highest BCUT2D eigenvalue weighted by Gasteiger charge is 2.40. The molecule has 0 radical (unpaired) electrons. The topological polar surface area (TPSA) is 97.0 Å². The van der Waals surface area contributed by atoms with E-state index in [1.165, 1.54) is 7.11 Å². The number of para-hydroxylation sites is 2. The Hall–Kier alpha value is -4.30. The third kappa shape index (κ3) is 5.44. The zero-order valence-electron chi connectivity index (χ0n) is 20.8. The van der Waals surface area contributed by atoms with Gasteiger partial charge in [-0.15, -0.1) is 0 Å². The van der Waals surface area contributed by atoms with Crippen molar-refractivity contribution in [3.05, 3.63) is 88.6 Å². The van der Waals surface area contributed by atoms with Gasteiger partial charge in [-0.05, 0) is 68.8 Å². The predicted octanol–water partition coefficient (Wildman–Crippen LogP) is 5.48. The lowest BCUT2D eigenvalue weighted by atomic mass is 10.1. The first-order chi connectivity index (χ1) is 17.7. The van der Waals surface area contributed by atoms with Gasteiger partial charge in [0.05, 0.1) is 24.6 Å². The Morgan fingerprint density at radius 2 is 1.70 bits per heavy atom. The van der Waals surface area contributed by atoms with Crippen LogP contribution in [0.5, 0.6) is 11.5 Å². The van der Waals surface area contributed by atoms with Gasteiger partial charge in [0.15, 0.2) is 0 Å². The molecule has 0 aliphatic carbocycles. The van der Waals surface area contributed by atoms with Crippen LogP contribution < -0.4 is 25.0 Å². The number of ether oxygens (including phenoxy) is 2. The number of carbonyl (C=O) groups is 3. The van der Waals surface area contributed by atoms with Crippen molar-refractivity contribution in [2.75, 3.05) is 22.6 Å². The van der Waals surface area contributed by atoms with Gasteiger partial charge >= 0.3 is 0 Å². The van der Waals surface area contributed by atoms with Crippen LogP contribution in [0.25, 0.3) is 0 Å². The largest absolute Gasteiger partial charge is 0.495 e. The van der Waals surface area contributed by atoms with E-state index in [-0.39, 0.29) is 22.7 Å². The number of nitrogens with one attached hydrogen (secondary N) is 2. The normalized spacial score (nSPS) is 13.3. The number of hydrogen-bond donors (Lipinski definition) is 2. The van der Waals surface area contributed by atoms with E-state index >= 15 is 0 Å². The van der Waals surface area contributed by atoms with E-state index in [0.717, 1.165) is 10.5 Å². The molecule has 1 aliphatic rings. The Balaban J connectivity index is 1.56. The summed E-state index contributed by atoms with van der Waals surface area (Å²) in [5.41, 5.74) is 2.31. The standard InChI is InChI=1S/C28H26ClN3O5/c1-16(2)37-22-11-6-5-10-20(22)31-26(33)18-8-7-9-19(15-18)30-25-24(29)27(34)32(28(25)35)21-14-17(3)12-13-23(21)36-4/h5-16,30H,1-4H3,(H,31,33). The highest BCUT2D eigenvalue weighted by molar-refractivity contribution is 6.53. The molecule has 0 spiro atoms. The summed E-state index contributed by atoms with van der Waals surface area (Å²) in [7, 11) is 1.46. The summed E-state index contributed by atoms with van der Waals surface area (Å²) in [6, 6.07) is 18.8. The first kappa shape index (κ1) is 25.8. The zero-order valence-corrected chi connectivity index (χ0v) is 21.6. The first-order valence-corrected chi connectivity index (χ1v) is 11.9. The minimum atomic E-state index is -0.672. The van der Waals surface area contributed by atoms with Gasteiger partial charge in [-0.3, -0.25) is 14.4 Å². The van der Waals surface area contributed by atoms with Crippen molar-refractivity contribution in [2.24, 2.45) is 0 Å². The Kier molecular flexibility index (Phi) is 7.50. The summed E-state index contributed by atoms with van der Waals surface area (Å²) in [6.07, 6.45) is -0.0606. The number of methoxy groups -OCH3 is 1. The number of nitrogens with zero attached hydrogens (tertiary/aromatic N) is 1. The third-order valence-corrected chi connectivity index (χ3v) is 5.85. The number of carbonyl (C=O) groups excluding carboxylic acids is 3. The van der Waals surface area contributed by atoms with Crippen molar-refractivity contribution in [1.82, 2.24) is 0 Å². The molecular weight excluding hydrogens is 494 g/mol. The maximum atomic E-state index is 13.2. The molecule has 9 heteroatoms. The molecule has 3 amide bonds. The fraction of sp³-hybridized carbons (Fsp3) is 0.179. The molecule has 8 nitrogen and oxygen atoms in total. The minimum absolute atomic E-state index is 0.0606. The quantitative estimate of drug-likeness (QED) is 0.383. The molecule has 0 bridgehead atoms. The monoisotopic (exact) mass is 519 g/mol. The number of anilines is 3. The van der Waals surface area contributed by atoms with Crippen LogP contribution in [-0.2, 0) is 9.59 Å². The van der Waals surface area contributed by atoms with Gasteiger partial charge in [0, 0.05) is 11.3 Å². The average molecular weight is 520 g/mol. The number of hydrogen-bond acceptors (Lipinski definition) is 6. The van der Waals surface area contributed by atoms with E-state index in [2.05, 4.69) is 10.6 Å². The molecule has 1 heterocycles. The second kappa shape index (κ2) is 10.8. The molecule has 37 heavy (non-hydrogen) atoms. The molecule has 4 rings (SSSR count). The SMILES string of the molecule is COc1ccc(C)cc1N1C(=O)C(Cl)=C(Nc2cccc(C(=O)Nc3ccccc3OC(C)C)c2)C1=O. The van der Waals surface area contributed by atoms with Crippen LogP contribution in [0.4, 0.5) is 17.1 Å². The van der Waals surface area contributed by atoms with Crippen LogP contribution in [0.1, 0.15) is 29.8 Å². The number of imide groups is 1. The van der Waals surface area contributed by atoms with E-state index < -0.39 is 11.8 Å². The van der Waals surface area contributed by atoms with Crippen LogP contribution in [0.15, 0.2) is 77.5 Å². The number of halogens is 1. The summed E-state index contributed by atoms with van der Waals surface area (Å²) in [4.78, 5) is 40.1. The van der Waals surface area contributed by atoms with Crippen LogP contribution >= 0.6 is 11.6 Å². The Bertz CT molecular complexity index is 1420. The van der Waals surface area contributed by atoms with Gasteiger partial charge in [-0.1, -0.05) is 35.9 Å². The molecular formula is C28H26ClN3O5. The van der Waals surface area contributed by atoms with Gasteiger partial charge in [0.25, 0.3) is 17.7 Å². The summed E-state index contributed by atoms with van der Waals surface area (Å²) < 4.78 is 11.1. The molecule has 0 fully saturated rings. The van der Waals surface area contributed by atoms with Gasteiger partial charge in [-0.2, -0.15) is 0 Å². The molecule has 0 saturated carbocycles. The van der Waals surface area contributed by atoms with Gasteiger partial charge < -0.3 is 20.1 Å². The van der Waals surface area contributed by atoms with Crippen molar-refractivity contribution in [3.63, 3.8) is 0 Å². The van der Waals surface area contributed by atoms with E-state index in [1.807, 2.05) is 32.9 Å². The summed E-state index contributed by atoms with van der Waals surface area (Å²) in [5, 5.41) is 5.50. The Labute approximate surface area is 219 Å². The third-order valence-electron chi connectivity index (χ3n) is 5.49. The summed E-state index contributed by atoms with van der Waals surface area (Å²) in [5.74, 6) is -0.761. The van der Waals surface area contributed by atoms with Crippen molar-refractivity contribution in [3.8, 4) is 11.5 Å². The van der Waals surface area contributed by atoms with Gasteiger partial charge in [-0.25, -0.2) is 4.90 Å². The van der Waals surface area contributed by atoms with Crippen molar-refractivity contribution < 1.29 is 23.9 Å². The molecule has 2 N–H and O–H groups in total. The number of rotatable bonds is 8. The maximum Gasteiger partial charge on any atom is 0.283 e. The fourth-order valence-electron chi connectivity index (χ4n) is 3.81. The lowest BCUT2D eigenvalue weighted by molar-refractivity contribution is -0.120. The van der Waals surface area contributed by atoms with E-state index in [4.69, 9.17) is 21.1 Å². The van der Waals surface area contributed by atoms with Crippen LogP contribution in [0, 0.1) is 6.92 Å². The van der Waals surface area contributed by atoms with Crippen molar-refractivity contribution in [2.45, 2.75) is 26.9 Å². The number of amides is 3. The highest BCUT2D eigenvalue weighted by atomic mass is 35.5. The first-order valence-electron chi connectivity index (χ1n) is 11.6. The molecule has 1 aliphatic heterocycles. The molecule has 0 saturated heterocycles. The van der Waals surface area contributed by atoms with Gasteiger partial charge in [0.1, 0.15) is 22.2 Å². The maximum absolute atomic E-state index is 13.2. The number of aryl methyl sites for hydroxylation is 1. The predicted molar refractivity (Wildman–Crippen MR) is 143 cm³/mol. The molecule has 0 unspecified atom stereocenters. The molecule has 0 atom stereocenters. The fourth-order valence-corrected chi connectivity index (χ4v) is 4.02. The van der Waals surface area contributed by atoms with Crippen LogP contribution in [0.2, 0.25) is 0 Å². The molecule has 3 aromatic rings. The Morgan fingerprint density at radius 1 is 0.946 bits per heavy atom. The second-order valence-corrected chi connectivity index (χ2v) is 9.01. The van der Waals surface area contributed by atoms with Crippen molar-refractivity contribution in [1.29, 1.82) is 0 Å².